The fourth-order valence-electron chi connectivity index (χ4n) is 2.51. The fraction of sp³-hybridized carbons (Fsp3) is 0.111. The van der Waals surface area contributed by atoms with Crippen LogP contribution in [0.25, 0.3) is 0 Å². The minimum atomic E-state index is -4.37. The van der Waals surface area contributed by atoms with Crippen molar-refractivity contribution >= 4 is 23.0 Å². The van der Waals surface area contributed by atoms with Gasteiger partial charge in [0.25, 0.3) is 0 Å². The molecule has 3 aromatic rings. The van der Waals surface area contributed by atoms with E-state index in [1.54, 1.807) is 18.2 Å². The van der Waals surface area contributed by atoms with Gasteiger partial charge >= 0.3 is 6.18 Å². The highest BCUT2D eigenvalue weighted by Gasteiger charge is 2.29. The van der Waals surface area contributed by atoms with Crippen molar-refractivity contribution in [3.05, 3.63) is 60.4 Å². The number of alkyl halides is 3. The molecule has 1 aliphatic heterocycles. The van der Waals surface area contributed by atoms with E-state index in [0.717, 1.165) is 17.8 Å². The summed E-state index contributed by atoms with van der Waals surface area (Å²) in [5.41, 5.74) is 0.523. The standard InChI is InChI=1S/C18H13F3N4O2/c19-18(20,21)11-1-3-12(4-2-11)24-16-8-17(23-9-22-16)25-13-5-6-14-15(7-13)27-10-26-14/h1-9H,10H2,(H2,22,23,24,25). The number of halogens is 3. The van der Waals surface area contributed by atoms with Crippen molar-refractivity contribution in [3.8, 4) is 11.5 Å². The van der Waals surface area contributed by atoms with E-state index in [-0.39, 0.29) is 6.79 Å². The molecule has 0 amide bonds. The molecule has 0 atom stereocenters. The summed E-state index contributed by atoms with van der Waals surface area (Å²) >= 11 is 0. The van der Waals surface area contributed by atoms with E-state index in [1.807, 2.05) is 6.07 Å². The van der Waals surface area contributed by atoms with E-state index in [0.29, 0.717) is 28.8 Å². The summed E-state index contributed by atoms with van der Waals surface area (Å²) in [4.78, 5) is 8.21. The van der Waals surface area contributed by atoms with Gasteiger partial charge in [0.05, 0.1) is 5.56 Å². The third-order valence-electron chi connectivity index (χ3n) is 3.80. The zero-order valence-electron chi connectivity index (χ0n) is 13.7. The van der Waals surface area contributed by atoms with Gasteiger partial charge in [-0.05, 0) is 36.4 Å². The highest BCUT2D eigenvalue weighted by molar-refractivity contribution is 5.65. The normalized spacial score (nSPS) is 12.7. The van der Waals surface area contributed by atoms with E-state index < -0.39 is 11.7 Å². The molecule has 0 spiro atoms. The smallest absolute Gasteiger partial charge is 0.416 e. The summed E-state index contributed by atoms with van der Waals surface area (Å²) in [7, 11) is 0. The molecule has 2 N–H and O–H groups in total. The van der Waals surface area contributed by atoms with Crippen molar-refractivity contribution in [3.63, 3.8) is 0 Å². The van der Waals surface area contributed by atoms with E-state index in [1.165, 1.54) is 18.5 Å². The van der Waals surface area contributed by atoms with Crippen LogP contribution in [-0.2, 0) is 6.18 Å². The molecule has 2 aromatic carbocycles. The lowest BCUT2D eigenvalue weighted by Crippen LogP contribution is -2.04. The molecular formula is C18H13F3N4O2. The molecular weight excluding hydrogens is 361 g/mol. The lowest BCUT2D eigenvalue weighted by atomic mass is 10.2. The second kappa shape index (κ2) is 6.67. The quantitative estimate of drug-likeness (QED) is 0.689. The first-order chi connectivity index (χ1) is 13.0. The fourth-order valence-corrected chi connectivity index (χ4v) is 2.51. The maximum Gasteiger partial charge on any atom is 0.416 e. The van der Waals surface area contributed by atoms with Crippen LogP contribution in [-0.4, -0.2) is 16.8 Å². The summed E-state index contributed by atoms with van der Waals surface area (Å²) in [5.74, 6) is 2.26. The predicted octanol–water partition coefficient (Wildman–Crippen LogP) is 4.71. The average Bonchev–Trinajstić information content (AvgIpc) is 3.09. The largest absolute Gasteiger partial charge is 0.454 e. The number of nitrogens with zero attached hydrogens (tertiary/aromatic N) is 2. The monoisotopic (exact) mass is 374 g/mol. The van der Waals surface area contributed by atoms with Crippen LogP contribution in [0.1, 0.15) is 5.56 Å². The molecule has 0 aliphatic carbocycles. The molecule has 6 nitrogen and oxygen atoms in total. The van der Waals surface area contributed by atoms with Crippen molar-refractivity contribution < 1.29 is 22.6 Å². The van der Waals surface area contributed by atoms with Crippen molar-refractivity contribution in [2.75, 3.05) is 17.4 Å². The highest BCUT2D eigenvalue weighted by atomic mass is 19.4. The van der Waals surface area contributed by atoms with Crippen LogP contribution in [0.15, 0.2) is 54.9 Å². The lowest BCUT2D eigenvalue weighted by Gasteiger charge is -2.10. The molecule has 4 rings (SSSR count). The zero-order chi connectivity index (χ0) is 18.9. The Bertz CT molecular complexity index is 962. The van der Waals surface area contributed by atoms with Crippen LogP contribution in [0.5, 0.6) is 11.5 Å². The molecule has 9 heteroatoms. The van der Waals surface area contributed by atoms with Gasteiger partial charge in [0.15, 0.2) is 11.5 Å². The molecule has 2 heterocycles. The number of ether oxygens (including phenoxy) is 2. The number of anilines is 4. The molecule has 0 saturated carbocycles. The van der Waals surface area contributed by atoms with E-state index >= 15 is 0 Å². The Balaban J connectivity index is 1.47. The van der Waals surface area contributed by atoms with Crippen LogP contribution in [0.3, 0.4) is 0 Å². The van der Waals surface area contributed by atoms with Crippen LogP contribution < -0.4 is 20.1 Å². The molecule has 138 valence electrons. The third-order valence-corrected chi connectivity index (χ3v) is 3.80. The van der Waals surface area contributed by atoms with Crippen molar-refractivity contribution in [1.82, 2.24) is 9.97 Å². The van der Waals surface area contributed by atoms with Gasteiger partial charge in [0, 0.05) is 23.5 Å². The average molecular weight is 374 g/mol. The maximum atomic E-state index is 12.6. The van der Waals surface area contributed by atoms with Crippen LogP contribution in [0.2, 0.25) is 0 Å². The lowest BCUT2D eigenvalue weighted by molar-refractivity contribution is -0.137. The Morgan fingerprint density at radius 2 is 1.41 bits per heavy atom. The number of benzene rings is 2. The van der Waals surface area contributed by atoms with E-state index in [9.17, 15) is 13.2 Å². The Labute approximate surface area is 152 Å². The Hall–Kier alpha value is -3.49. The van der Waals surface area contributed by atoms with Gasteiger partial charge in [-0.3, -0.25) is 0 Å². The Morgan fingerprint density at radius 3 is 2.11 bits per heavy atom. The first-order valence-corrected chi connectivity index (χ1v) is 7.90. The second-order valence-electron chi connectivity index (χ2n) is 5.68. The first kappa shape index (κ1) is 17.0. The molecule has 0 radical (unpaired) electrons. The van der Waals surface area contributed by atoms with Crippen LogP contribution in [0, 0.1) is 0 Å². The van der Waals surface area contributed by atoms with E-state index in [2.05, 4.69) is 20.6 Å². The summed E-state index contributed by atoms with van der Waals surface area (Å²) < 4.78 is 48.5. The van der Waals surface area contributed by atoms with Crippen LogP contribution >= 0.6 is 0 Å². The number of hydrogen-bond donors (Lipinski definition) is 2. The Morgan fingerprint density at radius 1 is 0.778 bits per heavy atom. The summed E-state index contributed by atoms with van der Waals surface area (Å²) in [6.45, 7) is 0.188. The molecule has 1 aromatic heterocycles. The topological polar surface area (TPSA) is 68.3 Å². The summed E-state index contributed by atoms with van der Waals surface area (Å²) in [5, 5.41) is 6.06. The third kappa shape index (κ3) is 3.86. The van der Waals surface area contributed by atoms with Gasteiger partial charge in [-0.25, -0.2) is 9.97 Å². The second-order valence-corrected chi connectivity index (χ2v) is 5.68. The van der Waals surface area contributed by atoms with Crippen molar-refractivity contribution in [1.29, 1.82) is 0 Å². The SMILES string of the molecule is FC(F)(F)c1ccc(Nc2cc(Nc3ccc4c(c3)OCO4)ncn2)cc1. The van der Waals surface area contributed by atoms with Gasteiger partial charge < -0.3 is 20.1 Å². The number of aromatic nitrogens is 2. The summed E-state index contributed by atoms with van der Waals surface area (Å²) in [6.07, 6.45) is -3.02. The molecule has 0 saturated heterocycles. The first-order valence-electron chi connectivity index (χ1n) is 7.90. The molecule has 0 unspecified atom stereocenters. The molecule has 0 fully saturated rings. The van der Waals surface area contributed by atoms with Gasteiger partial charge in [0.2, 0.25) is 6.79 Å². The molecule has 0 bridgehead atoms. The maximum absolute atomic E-state index is 12.6. The van der Waals surface area contributed by atoms with Crippen molar-refractivity contribution in [2.24, 2.45) is 0 Å². The predicted molar refractivity (Wildman–Crippen MR) is 92.6 cm³/mol. The van der Waals surface area contributed by atoms with Gasteiger partial charge in [-0.2, -0.15) is 13.2 Å². The minimum Gasteiger partial charge on any atom is -0.454 e. The van der Waals surface area contributed by atoms with Gasteiger partial charge in [0.1, 0.15) is 18.0 Å². The minimum absolute atomic E-state index is 0.188. The Kier molecular flexibility index (Phi) is 4.19. The number of hydrogen-bond acceptors (Lipinski definition) is 6. The molecule has 1 aliphatic rings. The van der Waals surface area contributed by atoms with Gasteiger partial charge in [-0.1, -0.05) is 0 Å². The zero-order valence-corrected chi connectivity index (χ0v) is 13.7. The van der Waals surface area contributed by atoms with E-state index in [4.69, 9.17) is 9.47 Å². The van der Waals surface area contributed by atoms with Gasteiger partial charge in [-0.15, -0.1) is 0 Å². The number of nitrogens with one attached hydrogen (secondary N) is 2. The van der Waals surface area contributed by atoms with Crippen LogP contribution in [0.4, 0.5) is 36.2 Å². The molecule has 27 heavy (non-hydrogen) atoms. The van der Waals surface area contributed by atoms with Crippen molar-refractivity contribution in [2.45, 2.75) is 6.18 Å². The highest BCUT2D eigenvalue weighted by Crippen LogP contribution is 2.35. The number of rotatable bonds is 4. The number of fused-ring (bicyclic) bond motifs is 1. The summed E-state index contributed by atoms with van der Waals surface area (Å²) in [6, 6.07) is 11.7.